The Morgan fingerprint density at radius 1 is 1.09 bits per heavy atom. The molecule has 0 aromatic heterocycles. The Kier molecular flexibility index (Phi) is 5.96. The van der Waals surface area contributed by atoms with E-state index in [9.17, 15) is 4.79 Å². The van der Waals surface area contributed by atoms with E-state index in [1.807, 2.05) is 55.5 Å². The number of hydrogen-bond acceptors (Lipinski definition) is 2. The first-order valence-corrected chi connectivity index (χ1v) is 7.64. The van der Waals surface area contributed by atoms with Gasteiger partial charge in [-0.3, -0.25) is 4.79 Å². The normalized spacial score (nSPS) is 11.7. The number of benzene rings is 2. The quantitative estimate of drug-likeness (QED) is 0.417. The zero-order chi connectivity index (χ0) is 15.8. The minimum atomic E-state index is -0.183. The predicted octanol–water partition coefficient (Wildman–Crippen LogP) is 4.79. The number of rotatable bonds is 7. The molecule has 0 radical (unpaired) electrons. The summed E-state index contributed by atoms with van der Waals surface area (Å²) in [5.74, 6) is 0.312. The summed E-state index contributed by atoms with van der Waals surface area (Å²) in [6.07, 6.45) is 4.30. The van der Waals surface area contributed by atoms with E-state index in [1.165, 1.54) is 11.1 Å². The van der Waals surface area contributed by atoms with Crippen LogP contribution in [0.3, 0.4) is 0 Å². The van der Waals surface area contributed by atoms with Crippen LogP contribution in [0.5, 0.6) is 5.75 Å². The van der Waals surface area contributed by atoms with Crippen molar-refractivity contribution >= 4 is 5.97 Å². The van der Waals surface area contributed by atoms with Gasteiger partial charge in [0.2, 0.25) is 0 Å². The van der Waals surface area contributed by atoms with Crippen LogP contribution in [0.25, 0.3) is 0 Å². The first-order valence-electron chi connectivity index (χ1n) is 7.64. The van der Waals surface area contributed by atoms with Gasteiger partial charge in [0.25, 0.3) is 0 Å². The molecule has 0 heterocycles. The highest BCUT2D eigenvalue weighted by atomic mass is 16.5. The van der Waals surface area contributed by atoms with Gasteiger partial charge in [-0.05, 0) is 42.5 Å². The van der Waals surface area contributed by atoms with Crippen molar-refractivity contribution in [2.24, 2.45) is 5.92 Å². The van der Waals surface area contributed by atoms with Crippen LogP contribution in [0, 0.1) is 5.92 Å². The average Bonchev–Trinajstić information content (AvgIpc) is 2.55. The molecular weight excluding hydrogens is 272 g/mol. The van der Waals surface area contributed by atoms with Gasteiger partial charge in [-0.1, -0.05) is 55.5 Å². The molecule has 2 aromatic carbocycles. The maximum absolute atomic E-state index is 11.9. The second-order valence-corrected chi connectivity index (χ2v) is 5.49. The second-order valence-electron chi connectivity index (χ2n) is 5.49. The van der Waals surface area contributed by atoms with Gasteiger partial charge in [-0.2, -0.15) is 0 Å². The average molecular weight is 294 g/mol. The lowest BCUT2D eigenvalue weighted by molar-refractivity contribution is -0.138. The lowest BCUT2D eigenvalue weighted by Crippen LogP contribution is -2.17. The molecule has 0 bridgehead atoms. The highest BCUT2D eigenvalue weighted by molar-refractivity contribution is 5.74. The molecule has 0 aliphatic rings. The van der Waals surface area contributed by atoms with Crippen LogP contribution in [0.2, 0.25) is 0 Å². The smallest absolute Gasteiger partial charge is 0.314 e. The minimum Gasteiger partial charge on any atom is -0.426 e. The van der Waals surface area contributed by atoms with Crippen molar-refractivity contribution < 1.29 is 9.53 Å². The Morgan fingerprint density at radius 2 is 1.73 bits per heavy atom. The third kappa shape index (κ3) is 4.88. The molecule has 2 rings (SSSR count). The van der Waals surface area contributed by atoms with Gasteiger partial charge < -0.3 is 4.74 Å². The monoisotopic (exact) mass is 294 g/mol. The molecule has 22 heavy (non-hydrogen) atoms. The Bertz CT molecular complexity index is 599. The number of ether oxygens (including phenoxy) is 1. The summed E-state index contributed by atoms with van der Waals surface area (Å²) in [6, 6.07) is 18.0. The van der Waals surface area contributed by atoms with E-state index in [4.69, 9.17) is 4.74 Å². The van der Waals surface area contributed by atoms with Crippen molar-refractivity contribution in [3.63, 3.8) is 0 Å². The molecule has 1 unspecified atom stereocenters. The highest BCUT2D eigenvalue weighted by Gasteiger charge is 2.14. The molecule has 0 saturated carbocycles. The molecule has 114 valence electrons. The van der Waals surface area contributed by atoms with Gasteiger partial charge in [-0.15, -0.1) is 6.58 Å². The van der Waals surface area contributed by atoms with Crippen LogP contribution in [-0.4, -0.2) is 5.97 Å². The van der Waals surface area contributed by atoms with Crippen molar-refractivity contribution in [2.45, 2.75) is 26.2 Å². The number of hydrogen-bond donors (Lipinski definition) is 0. The van der Waals surface area contributed by atoms with Gasteiger partial charge in [-0.25, -0.2) is 0 Å². The fraction of sp³-hybridized carbons (Fsp3) is 0.250. The topological polar surface area (TPSA) is 26.3 Å². The number of allylic oxidation sites excluding steroid dienone is 1. The third-order valence-electron chi connectivity index (χ3n) is 3.60. The van der Waals surface area contributed by atoms with E-state index in [-0.39, 0.29) is 11.9 Å². The highest BCUT2D eigenvalue weighted by Crippen LogP contribution is 2.17. The number of esters is 1. The van der Waals surface area contributed by atoms with Crippen molar-refractivity contribution in [1.29, 1.82) is 0 Å². The summed E-state index contributed by atoms with van der Waals surface area (Å²) in [5.41, 5.74) is 2.47. The van der Waals surface area contributed by atoms with Crippen LogP contribution in [0.15, 0.2) is 67.3 Å². The zero-order valence-electron chi connectivity index (χ0n) is 13.0. The maximum atomic E-state index is 11.9. The number of carbonyl (C=O) groups excluding carboxylic acids is 1. The van der Waals surface area contributed by atoms with E-state index >= 15 is 0 Å². The van der Waals surface area contributed by atoms with E-state index < -0.39 is 0 Å². The summed E-state index contributed by atoms with van der Waals surface area (Å²) in [4.78, 5) is 11.9. The van der Waals surface area contributed by atoms with E-state index in [2.05, 4.69) is 18.7 Å². The molecule has 0 N–H and O–H groups in total. The summed E-state index contributed by atoms with van der Waals surface area (Å²) >= 11 is 0. The maximum Gasteiger partial charge on any atom is 0.314 e. The first-order chi connectivity index (χ1) is 10.7. The van der Waals surface area contributed by atoms with Gasteiger partial charge in [0.1, 0.15) is 5.75 Å². The predicted molar refractivity (Wildman–Crippen MR) is 89.9 cm³/mol. The van der Waals surface area contributed by atoms with Crippen molar-refractivity contribution in [2.75, 3.05) is 0 Å². The van der Waals surface area contributed by atoms with E-state index in [1.54, 1.807) is 0 Å². The van der Waals surface area contributed by atoms with Crippen LogP contribution in [0.1, 0.15) is 30.9 Å². The molecule has 2 nitrogen and oxygen atoms in total. The molecule has 1 atom stereocenters. The Labute approximate surface area is 132 Å². The summed E-state index contributed by atoms with van der Waals surface area (Å²) in [6.45, 7) is 5.55. The van der Waals surface area contributed by atoms with Gasteiger partial charge in [0, 0.05) is 0 Å². The molecule has 0 spiro atoms. The molecule has 2 aromatic rings. The molecule has 0 amide bonds. The van der Waals surface area contributed by atoms with Gasteiger partial charge in [0.15, 0.2) is 0 Å². The van der Waals surface area contributed by atoms with Crippen LogP contribution in [-0.2, 0) is 11.2 Å². The Balaban J connectivity index is 1.91. The van der Waals surface area contributed by atoms with Crippen LogP contribution >= 0.6 is 0 Å². The standard InChI is InChI=1S/C20H22O2/c1-3-4-8-16(2)20(21)22-19-13-11-18(12-14-19)15-17-9-6-5-7-10-17/h3,5-7,9-14,16H,1,4,8,15H2,2H3. The van der Waals surface area contributed by atoms with Crippen molar-refractivity contribution in [1.82, 2.24) is 0 Å². The molecule has 0 saturated heterocycles. The third-order valence-corrected chi connectivity index (χ3v) is 3.60. The molecule has 2 heteroatoms. The Morgan fingerprint density at radius 3 is 2.36 bits per heavy atom. The fourth-order valence-electron chi connectivity index (χ4n) is 2.21. The fourth-order valence-corrected chi connectivity index (χ4v) is 2.21. The summed E-state index contributed by atoms with van der Waals surface area (Å²) in [7, 11) is 0. The van der Waals surface area contributed by atoms with Crippen LogP contribution in [0.4, 0.5) is 0 Å². The van der Waals surface area contributed by atoms with Gasteiger partial charge >= 0.3 is 5.97 Å². The van der Waals surface area contributed by atoms with E-state index in [0.717, 1.165) is 19.3 Å². The summed E-state index contributed by atoms with van der Waals surface area (Å²) < 4.78 is 5.41. The van der Waals surface area contributed by atoms with Gasteiger partial charge in [0.05, 0.1) is 5.92 Å². The van der Waals surface area contributed by atoms with E-state index in [0.29, 0.717) is 5.75 Å². The molecule has 0 aliphatic heterocycles. The first kappa shape index (κ1) is 16.0. The lowest BCUT2D eigenvalue weighted by Gasteiger charge is -2.10. The largest absolute Gasteiger partial charge is 0.426 e. The lowest BCUT2D eigenvalue weighted by atomic mass is 10.0. The molecule has 0 fully saturated rings. The minimum absolute atomic E-state index is 0.109. The SMILES string of the molecule is C=CCCC(C)C(=O)Oc1ccc(Cc2ccccc2)cc1. The van der Waals surface area contributed by atoms with Crippen LogP contribution < -0.4 is 4.74 Å². The number of carbonyl (C=O) groups is 1. The molecule has 0 aliphatic carbocycles. The second kappa shape index (κ2) is 8.18. The zero-order valence-corrected chi connectivity index (χ0v) is 13.0. The summed E-state index contributed by atoms with van der Waals surface area (Å²) in [5, 5.41) is 0. The Hall–Kier alpha value is -2.35. The molecular formula is C20H22O2. The van der Waals surface area contributed by atoms with Crippen molar-refractivity contribution in [3.05, 3.63) is 78.4 Å². The van der Waals surface area contributed by atoms with Crippen molar-refractivity contribution in [3.8, 4) is 5.75 Å².